The molecule has 1 aromatic carbocycles. The van der Waals surface area contributed by atoms with Gasteiger partial charge in [-0.05, 0) is 44.2 Å². The van der Waals surface area contributed by atoms with Gasteiger partial charge in [0.15, 0.2) is 0 Å². The number of epoxide rings is 1. The van der Waals surface area contributed by atoms with Crippen LogP contribution < -0.4 is 4.90 Å². The number of para-hydroxylation sites is 1. The molecule has 0 bridgehead atoms. The summed E-state index contributed by atoms with van der Waals surface area (Å²) in [5.41, 5.74) is 2.55. The van der Waals surface area contributed by atoms with Gasteiger partial charge in [-0.3, -0.25) is 9.69 Å². The Kier molecular flexibility index (Phi) is 4.30. The van der Waals surface area contributed by atoms with Gasteiger partial charge >= 0.3 is 5.97 Å². The molecule has 0 aromatic heterocycles. The third kappa shape index (κ3) is 2.85. The monoisotopic (exact) mass is 408 g/mol. The number of allylic oxidation sites excluding steroid dienone is 1. The van der Waals surface area contributed by atoms with Crippen LogP contribution >= 0.6 is 0 Å². The van der Waals surface area contributed by atoms with Crippen molar-refractivity contribution in [3.05, 3.63) is 42.5 Å². The Hall–Kier alpha value is -1.85. The Morgan fingerprint density at radius 3 is 2.70 bits per heavy atom. The molecule has 3 aliphatic heterocycles. The molecule has 5 aliphatic rings. The number of hydrogen-bond acceptors (Lipinski definition) is 5. The fraction of sp³-hybridized carbons (Fsp3) is 0.640. The van der Waals surface area contributed by atoms with E-state index in [9.17, 15) is 4.79 Å². The number of fused-ring (bicyclic) bond motifs is 5. The summed E-state index contributed by atoms with van der Waals surface area (Å²) in [6.07, 6.45) is 3.46. The number of esters is 1. The Labute approximate surface area is 179 Å². The Bertz CT molecular complexity index is 849. The Morgan fingerprint density at radius 1 is 1.17 bits per heavy atom. The standard InChI is InChI=1S/C25H32N2O3/c1-16-8-9-18-20(15-26-10-12-27(13-11-26)17-6-4-3-5-7-17)24(28)29-23(18)22-19(16)14-21-25(22,2)30-21/h3-7,18-23H,1,8-15H2,2H3/t18-,19-,20-,21+,22-,23-,25+/m0/s1. The summed E-state index contributed by atoms with van der Waals surface area (Å²) in [5, 5.41) is 0. The molecule has 0 amide bonds. The SMILES string of the molecule is C=C1CC[C@@H]2[C@H](OC(=O)[C@H]2CN2CCN(c3ccccc3)CC2)[C@@H]2[C@H]1C[C@H]1O[C@@]21C. The maximum Gasteiger partial charge on any atom is 0.310 e. The normalized spacial score (nSPS) is 42.9. The fourth-order valence-electron chi connectivity index (χ4n) is 6.87. The summed E-state index contributed by atoms with van der Waals surface area (Å²) in [7, 11) is 0. The lowest BCUT2D eigenvalue weighted by atomic mass is 9.77. The van der Waals surface area contributed by atoms with Crippen LogP contribution in [0.5, 0.6) is 0 Å². The zero-order valence-electron chi connectivity index (χ0n) is 17.8. The summed E-state index contributed by atoms with van der Waals surface area (Å²) < 4.78 is 12.2. The van der Waals surface area contributed by atoms with E-state index in [0.29, 0.717) is 23.9 Å². The molecule has 1 aromatic rings. The van der Waals surface area contributed by atoms with Gasteiger partial charge in [0, 0.05) is 50.2 Å². The second-order valence-corrected chi connectivity index (χ2v) is 10.2. The quantitative estimate of drug-likeness (QED) is 0.437. The van der Waals surface area contributed by atoms with Crippen molar-refractivity contribution in [1.29, 1.82) is 0 Å². The molecule has 2 saturated carbocycles. The van der Waals surface area contributed by atoms with Crippen molar-refractivity contribution >= 4 is 11.7 Å². The molecular formula is C25H32N2O3. The van der Waals surface area contributed by atoms with E-state index in [-0.39, 0.29) is 23.6 Å². The molecule has 6 rings (SSSR count). The highest BCUT2D eigenvalue weighted by molar-refractivity contribution is 5.76. The maximum atomic E-state index is 13.0. The van der Waals surface area contributed by atoms with E-state index >= 15 is 0 Å². The van der Waals surface area contributed by atoms with Crippen LogP contribution in [0.25, 0.3) is 0 Å². The predicted molar refractivity (Wildman–Crippen MR) is 115 cm³/mol. The number of hydrogen-bond donors (Lipinski definition) is 0. The topological polar surface area (TPSA) is 45.3 Å². The molecule has 7 atom stereocenters. The summed E-state index contributed by atoms with van der Waals surface area (Å²) >= 11 is 0. The molecule has 3 saturated heterocycles. The molecule has 0 unspecified atom stereocenters. The number of benzene rings is 1. The molecule has 5 nitrogen and oxygen atoms in total. The van der Waals surface area contributed by atoms with Crippen molar-refractivity contribution < 1.29 is 14.3 Å². The molecule has 30 heavy (non-hydrogen) atoms. The Morgan fingerprint density at radius 2 is 1.93 bits per heavy atom. The molecule has 2 aliphatic carbocycles. The van der Waals surface area contributed by atoms with Gasteiger partial charge in [0.1, 0.15) is 6.10 Å². The van der Waals surface area contributed by atoms with E-state index in [2.05, 4.69) is 53.6 Å². The first-order valence-electron chi connectivity index (χ1n) is 11.6. The van der Waals surface area contributed by atoms with Crippen molar-refractivity contribution in [3.8, 4) is 0 Å². The van der Waals surface area contributed by atoms with Gasteiger partial charge in [-0.1, -0.05) is 30.4 Å². The molecule has 5 fully saturated rings. The zero-order chi connectivity index (χ0) is 20.5. The fourth-order valence-corrected chi connectivity index (χ4v) is 6.87. The third-order valence-corrected chi connectivity index (χ3v) is 8.66. The predicted octanol–water partition coefficient (Wildman–Crippen LogP) is 3.11. The van der Waals surface area contributed by atoms with E-state index in [1.165, 1.54) is 11.3 Å². The van der Waals surface area contributed by atoms with Gasteiger partial charge in [-0.15, -0.1) is 0 Å². The van der Waals surface area contributed by atoms with Crippen molar-refractivity contribution in [2.75, 3.05) is 37.6 Å². The Balaban J connectivity index is 1.15. The van der Waals surface area contributed by atoms with Gasteiger partial charge in [0.2, 0.25) is 0 Å². The van der Waals surface area contributed by atoms with Gasteiger partial charge in [-0.2, -0.15) is 0 Å². The average molecular weight is 409 g/mol. The molecule has 0 N–H and O–H groups in total. The minimum absolute atomic E-state index is 0.00812. The summed E-state index contributed by atoms with van der Waals surface area (Å²) in [4.78, 5) is 17.9. The van der Waals surface area contributed by atoms with Gasteiger partial charge in [0.25, 0.3) is 0 Å². The second kappa shape index (κ2) is 6.83. The molecular weight excluding hydrogens is 376 g/mol. The van der Waals surface area contributed by atoms with Crippen molar-refractivity contribution in [1.82, 2.24) is 4.90 Å². The van der Waals surface area contributed by atoms with Gasteiger partial charge in [-0.25, -0.2) is 0 Å². The number of ether oxygens (including phenoxy) is 2. The first kappa shape index (κ1) is 18.9. The summed E-state index contributed by atoms with van der Waals surface area (Å²) in [5.74, 6) is 1.08. The van der Waals surface area contributed by atoms with Crippen LogP contribution in [0.4, 0.5) is 5.69 Å². The number of carbonyl (C=O) groups is 1. The van der Waals surface area contributed by atoms with Crippen molar-refractivity contribution in [3.63, 3.8) is 0 Å². The highest BCUT2D eigenvalue weighted by Gasteiger charge is 2.71. The lowest BCUT2D eigenvalue weighted by molar-refractivity contribution is -0.147. The lowest BCUT2D eigenvalue weighted by Gasteiger charge is -2.37. The number of piperazine rings is 1. The molecule has 0 radical (unpaired) electrons. The highest BCUT2D eigenvalue weighted by atomic mass is 16.6. The minimum Gasteiger partial charge on any atom is -0.461 e. The maximum absolute atomic E-state index is 13.0. The number of anilines is 1. The van der Waals surface area contributed by atoms with Crippen molar-refractivity contribution in [2.24, 2.45) is 23.7 Å². The first-order chi connectivity index (χ1) is 14.5. The second-order valence-electron chi connectivity index (χ2n) is 10.2. The zero-order valence-corrected chi connectivity index (χ0v) is 17.8. The molecule has 160 valence electrons. The van der Waals surface area contributed by atoms with Crippen LogP contribution in [0.2, 0.25) is 0 Å². The van der Waals surface area contributed by atoms with Crippen LogP contribution in [0.15, 0.2) is 42.5 Å². The van der Waals surface area contributed by atoms with E-state index < -0.39 is 0 Å². The lowest BCUT2D eigenvalue weighted by Crippen LogP contribution is -2.49. The van der Waals surface area contributed by atoms with Crippen LogP contribution in [0.3, 0.4) is 0 Å². The minimum atomic E-state index is -0.0999. The smallest absolute Gasteiger partial charge is 0.310 e. The van der Waals surface area contributed by atoms with Crippen molar-refractivity contribution in [2.45, 2.75) is 44.0 Å². The van der Waals surface area contributed by atoms with E-state index in [4.69, 9.17) is 9.47 Å². The van der Waals surface area contributed by atoms with Crippen LogP contribution in [0.1, 0.15) is 26.2 Å². The highest BCUT2D eigenvalue weighted by Crippen LogP contribution is 2.63. The van der Waals surface area contributed by atoms with E-state index in [1.54, 1.807) is 0 Å². The summed E-state index contributed by atoms with van der Waals surface area (Å²) in [6.45, 7) is 11.5. The number of carbonyl (C=O) groups excluding carboxylic acids is 1. The van der Waals surface area contributed by atoms with Crippen LogP contribution in [0, 0.1) is 23.7 Å². The average Bonchev–Trinajstić information content (AvgIpc) is 3.24. The van der Waals surface area contributed by atoms with Gasteiger partial charge < -0.3 is 14.4 Å². The molecule has 0 spiro atoms. The van der Waals surface area contributed by atoms with E-state index in [1.807, 2.05) is 0 Å². The number of nitrogens with zero attached hydrogens (tertiary/aromatic N) is 2. The molecule has 5 heteroatoms. The van der Waals surface area contributed by atoms with Gasteiger partial charge in [0.05, 0.1) is 17.6 Å². The van der Waals surface area contributed by atoms with E-state index in [0.717, 1.165) is 52.0 Å². The molecule has 3 heterocycles. The third-order valence-electron chi connectivity index (χ3n) is 8.66. The largest absolute Gasteiger partial charge is 0.461 e. The van der Waals surface area contributed by atoms with Crippen LogP contribution in [-0.4, -0.2) is 61.4 Å². The van der Waals surface area contributed by atoms with Crippen LogP contribution in [-0.2, 0) is 14.3 Å². The summed E-state index contributed by atoms with van der Waals surface area (Å²) in [6, 6.07) is 10.6. The first-order valence-corrected chi connectivity index (χ1v) is 11.6. The number of rotatable bonds is 3.